The Hall–Kier alpha value is -1.59. The first-order chi connectivity index (χ1) is 9.92. The molecule has 2 heterocycles. The summed E-state index contributed by atoms with van der Waals surface area (Å²) in [4.78, 5) is 16.4. The van der Waals surface area contributed by atoms with Crippen molar-refractivity contribution in [2.45, 2.75) is 24.2 Å². The maximum atomic E-state index is 12.1. The zero-order chi connectivity index (χ0) is 15.1. The van der Waals surface area contributed by atoms with Gasteiger partial charge in [-0.15, -0.1) is 23.2 Å². The average molecular weight is 325 g/mol. The molecule has 1 fully saturated rings. The normalized spacial score (nSPS) is 22.8. The summed E-state index contributed by atoms with van der Waals surface area (Å²) in [7, 11) is 0. The highest BCUT2D eigenvalue weighted by atomic mass is 35.5. The van der Waals surface area contributed by atoms with Gasteiger partial charge in [-0.1, -0.05) is 0 Å². The van der Waals surface area contributed by atoms with Crippen LogP contribution in [0, 0.1) is 5.41 Å². The van der Waals surface area contributed by atoms with Crippen LogP contribution in [-0.2, 0) is 11.3 Å². The summed E-state index contributed by atoms with van der Waals surface area (Å²) < 4.78 is 0.714. The van der Waals surface area contributed by atoms with Crippen LogP contribution >= 0.6 is 23.2 Å². The quantitative estimate of drug-likeness (QED) is 0.879. The molecular formula is C14H14Cl2N4O. The van der Waals surface area contributed by atoms with E-state index in [1.165, 1.54) is 0 Å². The summed E-state index contributed by atoms with van der Waals surface area (Å²) >= 11 is 12.0. The van der Waals surface area contributed by atoms with Crippen LogP contribution in [0.3, 0.4) is 0 Å². The van der Waals surface area contributed by atoms with Gasteiger partial charge in [-0.05, 0) is 37.1 Å². The molecule has 0 bridgehead atoms. The first kappa shape index (κ1) is 14.4. The number of hydrogen-bond acceptors (Lipinski definition) is 3. The number of aromatic nitrogens is 3. The van der Waals surface area contributed by atoms with Crippen molar-refractivity contribution in [1.29, 1.82) is 0 Å². The monoisotopic (exact) mass is 324 g/mol. The Balaban J connectivity index is 1.67. The third kappa shape index (κ3) is 2.63. The number of hydrogen-bond donors (Lipinski definition) is 1. The van der Waals surface area contributed by atoms with Crippen molar-refractivity contribution in [3.63, 3.8) is 0 Å². The Bertz CT molecular complexity index is 671. The summed E-state index contributed by atoms with van der Waals surface area (Å²) in [6.45, 7) is 2.17. The number of carbonyl (C=O) groups is 1. The molecule has 110 valence electrons. The van der Waals surface area contributed by atoms with Crippen molar-refractivity contribution in [1.82, 2.24) is 20.1 Å². The third-order valence-corrected chi connectivity index (χ3v) is 4.86. The zero-order valence-electron chi connectivity index (χ0n) is 11.4. The van der Waals surface area contributed by atoms with Crippen molar-refractivity contribution >= 4 is 29.1 Å². The fraction of sp³-hybridized carbons (Fsp3) is 0.357. The predicted molar refractivity (Wildman–Crippen MR) is 80.4 cm³/mol. The van der Waals surface area contributed by atoms with Crippen molar-refractivity contribution in [3.05, 3.63) is 42.4 Å². The van der Waals surface area contributed by atoms with E-state index in [0.29, 0.717) is 18.8 Å². The third-order valence-electron chi connectivity index (χ3n) is 3.76. The van der Waals surface area contributed by atoms with Gasteiger partial charge in [-0.25, -0.2) is 9.67 Å². The van der Waals surface area contributed by atoms with Crippen molar-refractivity contribution < 1.29 is 4.79 Å². The molecule has 0 radical (unpaired) electrons. The van der Waals surface area contributed by atoms with E-state index in [-0.39, 0.29) is 5.91 Å². The molecule has 1 N–H and O–H groups in total. The summed E-state index contributed by atoms with van der Waals surface area (Å²) in [6, 6.07) is 5.54. The largest absolute Gasteiger partial charge is 0.351 e. The van der Waals surface area contributed by atoms with Crippen LogP contribution in [0.15, 0.2) is 36.8 Å². The molecular weight excluding hydrogens is 311 g/mol. The highest BCUT2D eigenvalue weighted by molar-refractivity contribution is 6.53. The van der Waals surface area contributed by atoms with E-state index in [9.17, 15) is 4.79 Å². The molecule has 0 saturated heterocycles. The molecule has 2 aromatic heterocycles. The molecule has 7 heteroatoms. The molecule has 0 aromatic carbocycles. The lowest BCUT2D eigenvalue weighted by Gasteiger charge is -2.13. The maximum absolute atomic E-state index is 12.1. The summed E-state index contributed by atoms with van der Waals surface area (Å²) in [5, 5.41) is 6.99. The molecule has 1 aliphatic carbocycles. The van der Waals surface area contributed by atoms with Crippen LogP contribution in [0.25, 0.3) is 5.82 Å². The Labute approximate surface area is 132 Å². The smallest absolute Gasteiger partial charge is 0.229 e. The number of nitrogens with zero attached hydrogens (tertiary/aromatic N) is 3. The molecule has 1 unspecified atom stereocenters. The minimum atomic E-state index is -0.949. The summed E-state index contributed by atoms with van der Waals surface area (Å²) in [6.07, 6.45) is 5.66. The summed E-state index contributed by atoms with van der Waals surface area (Å²) in [5.74, 6) is 0.568. The van der Waals surface area contributed by atoms with Gasteiger partial charge in [0.05, 0.1) is 5.41 Å². The van der Waals surface area contributed by atoms with E-state index in [1.807, 2.05) is 24.4 Å². The van der Waals surface area contributed by atoms with E-state index in [0.717, 1.165) is 5.56 Å². The fourth-order valence-corrected chi connectivity index (χ4v) is 2.83. The molecule has 1 amide bonds. The first-order valence-corrected chi connectivity index (χ1v) is 7.29. The van der Waals surface area contributed by atoms with E-state index >= 15 is 0 Å². The topological polar surface area (TPSA) is 59.8 Å². The van der Waals surface area contributed by atoms with Gasteiger partial charge in [0.15, 0.2) is 5.82 Å². The van der Waals surface area contributed by atoms with Gasteiger partial charge in [0, 0.05) is 25.1 Å². The predicted octanol–water partition coefficient (Wildman–Crippen LogP) is 2.47. The van der Waals surface area contributed by atoms with Crippen molar-refractivity contribution in [3.8, 4) is 5.82 Å². The van der Waals surface area contributed by atoms with E-state index in [2.05, 4.69) is 15.4 Å². The number of carbonyl (C=O) groups excluding carboxylic acids is 1. The van der Waals surface area contributed by atoms with E-state index in [4.69, 9.17) is 23.2 Å². The van der Waals surface area contributed by atoms with Crippen molar-refractivity contribution in [2.75, 3.05) is 0 Å². The van der Waals surface area contributed by atoms with E-state index in [1.54, 1.807) is 24.0 Å². The van der Waals surface area contributed by atoms with Crippen LogP contribution in [0.5, 0.6) is 0 Å². The molecule has 21 heavy (non-hydrogen) atoms. The van der Waals surface area contributed by atoms with Gasteiger partial charge in [0.25, 0.3) is 0 Å². The molecule has 0 aliphatic heterocycles. The lowest BCUT2D eigenvalue weighted by atomic mass is 10.1. The highest BCUT2D eigenvalue weighted by Crippen LogP contribution is 2.63. The minimum Gasteiger partial charge on any atom is -0.351 e. The lowest BCUT2D eigenvalue weighted by molar-refractivity contribution is -0.125. The minimum absolute atomic E-state index is 0.134. The molecule has 3 rings (SSSR count). The second-order valence-electron chi connectivity index (χ2n) is 5.37. The van der Waals surface area contributed by atoms with E-state index < -0.39 is 9.75 Å². The number of nitrogens with one attached hydrogen (secondary N) is 1. The first-order valence-electron chi connectivity index (χ1n) is 6.53. The molecule has 1 aliphatic rings. The molecule has 0 spiro atoms. The lowest BCUT2D eigenvalue weighted by Crippen LogP contribution is -2.32. The second-order valence-corrected chi connectivity index (χ2v) is 6.85. The van der Waals surface area contributed by atoms with Gasteiger partial charge in [0.2, 0.25) is 5.91 Å². The van der Waals surface area contributed by atoms with Crippen LogP contribution in [0.2, 0.25) is 0 Å². The number of rotatable bonds is 4. The number of alkyl halides is 2. The van der Waals surface area contributed by atoms with Crippen molar-refractivity contribution in [2.24, 2.45) is 5.41 Å². The summed E-state index contributed by atoms with van der Waals surface area (Å²) in [5.41, 5.74) is 0.233. The standard InChI is InChI=1S/C14H14Cl2N4O/c1-13(9-14(13,15)16)12(21)18-8-10-3-5-17-11(7-10)20-6-2-4-19-20/h2-7H,8-9H2,1H3,(H,18,21). The molecule has 1 saturated carbocycles. The Morgan fingerprint density at radius 3 is 2.86 bits per heavy atom. The Morgan fingerprint density at radius 1 is 1.48 bits per heavy atom. The van der Waals surface area contributed by atoms with Crippen LogP contribution in [0.4, 0.5) is 0 Å². The van der Waals surface area contributed by atoms with Gasteiger partial charge in [-0.3, -0.25) is 4.79 Å². The SMILES string of the molecule is CC1(C(=O)NCc2ccnc(-n3cccn3)c2)CC1(Cl)Cl. The average Bonchev–Trinajstić information content (AvgIpc) is 2.88. The highest BCUT2D eigenvalue weighted by Gasteiger charge is 2.67. The van der Waals surface area contributed by atoms with Crippen LogP contribution in [-0.4, -0.2) is 25.0 Å². The molecule has 2 aromatic rings. The number of pyridine rings is 1. The second kappa shape index (κ2) is 5.00. The molecule has 5 nitrogen and oxygen atoms in total. The maximum Gasteiger partial charge on any atom is 0.229 e. The fourth-order valence-electron chi connectivity index (χ4n) is 2.12. The van der Waals surface area contributed by atoms with Gasteiger partial charge >= 0.3 is 0 Å². The molecule has 1 atom stereocenters. The number of halogens is 2. The Morgan fingerprint density at radius 2 is 2.24 bits per heavy atom. The van der Waals surface area contributed by atoms with Gasteiger partial charge in [-0.2, -0.15) is 5.10 Å². The van der Waals surface area contributed by atoms with Gasteiger partial charge in [0.1, 0.15) is 4.33 Å². The zero-order valence-corrected chi connectivity index (χ0v) is 12.9. The van der Waals surface area contributed by atoms with Gasteiger partial charge < -0.3 is 5.32 Å². The van der Waals surface area contributed by atoms with Crippen LogP contribution in [0.1, 0.15) is 18.9 Å². The van der Waals surface area contributed by atoms with Crippen LogP contribution < -0.4 is 5.32 Å². The number of amides is 1. The Kier molecular flexibility index (Phi) is 3.42.